The van der Waals surface area contributed by atoms with Crippen LogP contribution in [0.1, 0.15) is 65.2 Å². The van der Waals surface area contributed by atoms with Crippen molar-refractivity contribution in [3.63, 3.8) is 0 Å². The topological polar surface area (TPSA) is 36.9 Å². The molecule has 4 nitrogen and oxygen atoms in total. The second-order valence-corrected chi connectivity index (χ2v) is 21.2. The molecule has 0 aliphatic rings. The van der Waals surface area contributed by atoms with Gasteiger partial charge >= 0.3 is 0 Å². The van der Waals surface area contributed by atoms with E-state index in [1.54, 1.807) is 7.11 Å². The number of rotatable bonds is 19. The molecule has 0 amide bonds. The van der Waals surface area contributed by atoms with Gasteiger partial charge in [0, 0.05) is 0 Å². The molecule has 0 unspecified atom stereocenters. The minimum Gasteiger partial charge on any atom is -0.499 e. The molecule has 0 N–H and O–H groups in total. The van der Waals surface area contributed by atoms with E-state index in [1.807, 2.05) is 0 Å². The van der Waals surface area contributed by atoms with Gasteiger partial charge in [0.1, 0.15) is 17.5 Å². The van der Waals surface area contributed by atoms with Crippen molar-refractivity contribution in [1.82, 2.24) is 0 Å². The van der Waals surface area contributed by atoms with E-state index in [9.17, 15) is 0 Å². The lowest BCUT2D eigenvalue weighted by Crippen LogP contribution is -2.48. The summed E-state index contributed by atoms with van der Waals surface area (Å²) in [6.45, 7) is 16.3. The Morgan fingerprint density at radius 1 is 0.636 bits per heavy atom. The van der Waals surface area contributed by atoms with Crippen LogP contribution in [0.4, 0.5) is 0 Å². The summed E-state index contributed by atoms with van der Waals surface area (Å²) in [6, 6.07) is 38.1. The van der Waals surface area contributed by atoms with Crippen molar-refractivity contribution in [2.45, 2.75) is 103 Å². The molecule has 0 bridgehead atoms. The van der Waals surface area contributed by atoms with Gasteiger partial charge in [-0.05, 0) is 66.0 Å². The maximum atomic E-state index is 7.48. The Balaban J connectivity index is 2.17. The molecule has 44 heavy (non-hydrogen) atoms. The van der Waals surface area contributed by atoms with E-state index in [0.717, 1.165) is 58.7 Å². The summed E-state index contributed by atoms with van der Waals surface area (Å²) in [7, 11) is -2.07. The molecule has 0 fully saturated rings. The highest BCUT2D eigenvalue weighted by atomic mass is 28.4. The minimum absolute atomic E-state index is 0.344. The first-order valence-corrected chi connectivity index (χ1v) is 21.8. The van der Waals surface area contributed by atoms with E-state index < -0.39 is 22.2 Å². The van der Waals surface area contributed by atoms with Crippen LogP contribution in [-0.2, 0) is 23.9 Å². The van der Waals surface area contributed by atoms with E-state index in [4.69, 9.17) is 18.3 Å². The standard InChI is InChI=1S/C38H56O4Si2/c1-9-43(10-2,11-3)40-31-30-36(39-8)37(42-44(12-4,13-5)14-6)32(7)41-38(33-24-18-15-19-25-33,34-26-20-16-21-27-34)35-28-22-17-23-29-35/h15-30,32,37H,9-14,31H2,1-8H3/b36-30+/t32-,37-/m0/s1. The zero-order valence-corrected chi connectivity index (χ0v) is 30.5. The lowest BCUT2D eigenvalue weighted by Gasteiger charge is -2.42. The van der Waals surface area contributed by atoms with Gasteiger partial charge in [0.15, 0.2) is 16.6 Å². The van der Waals surface area contributed by atoms with Gasteiger partial charge in [-0.2, -0.15) is 0 Å². The average molecular weight is 633 g/mol. The molecular formula is C38H56O4Si2. The van der Waals surface area contributed by atoms with Gasteiger partial charge in [-0.3, -0.25) is 0 Å². The Bertz CT molecular complexity index is 1130. The van der Waals surface area contributed by atoms with Crippen molar-refractivity contribution in [1.29, 1.82) is 0 Å². The fourth-order valence-electron chi connectivity index (χ4n) is 6.39. The van der Waals surface area contributed by atoms with E-state index in [-0.39, 0.29) is 12.2 Å². The number of methoxy groups -OCH3 is 1. The molecule has 0 aromatic heterocycles. The van der Waals surface area contributed by atoms with Gasteiger partial charge < -0.3 is 18.3 Å². The van der Waals surface area contributed by atoms with Gasteiger partial charge in [0.2, 0.25) is 0 Å². The predicted octanol–water partition coefficient (Wildman–Crippen LogP) is 10.3. The maximum Gasteiger partial charge on any atom is 0.193 e. The number of benzene rings is 3. The highest BCUT2D eigenvalue weighted by Gasteiger charge is 2.43. The molecule has 240 valence electrons. The third kappa shape index (κ3) is 8.21. The summed E-state index contributed by atoms with van der Waals surface area (Å²) in [6.07, 6.45) is 1.39. The monoisotopic (exact) mass is 632 g/mol. The zero-order chi connectivity index (χ0) is 32.1. The van der Waals surface area contributed by atoms with Crippen molar-refractivity contribution in [2.75, 3.05) is 13.7 Å². The molecule has 3 aromatic carbocycles. The number of hydrogen-bond acceptors (Lipinski definition) is 4. The Hall–Kier alpha value is -2.49. The average Bonchev–Trinajstić information content (AvgIpc) is 3.10. The summed E-state index contributed by atoms with van der Waals surface area (Å²) >= 11 is 0. The predicted molar refractivity (Wildman–Crippen MR) is 190 cm³/mol. The second kappa shape index (κ2) is 17.3. The lowest BCUT2D eigenvalue weighted by molar-refractivity contribution is -0.0888. The first kappa shape index (κ1) is 36.0. The van der Waals surface area contributed by atoms with E-state index >= 15 is 0 Å². The molecule has 0 saturated carbocycles. The molecule has 3 rings (SSSR count). The van der Waals surface area contributed by atoms with Crippen molar-refractivity contribution >= 4 is 16.6 Å². The van der Waals surface area contributed by atoms with Crippen LogP contribution in [0.5, 0.6) is 0 Å². The SMILES string of the molecule is CC[Si](CC)(CC)OC/C=C(/OC)[C@@H](O[Si](CC)(CC)CC)[C@H](C)OC(c1ccccc1)(c1ccccc1)c1ccccc1. The second-order valence-electron chi connectivity index (χ2n) is 11.7. The van der Waals surface area contributed by atoms with Crippen LogP contribution in [0.15, 0.2) is 103 Å². The Labute approximate surface area is 270 Å². The fourth-order valence-corrected chi connectivity index (χ4v) is 11.8. The summed E-state index contributed by atoms with van der Waals surface area (Å²) in [5.74, 6) is 0.791. The molecule has 6 heteroatoms. The van der Waals surface area contributed by atoms with Crippen molar-refractivity contribution < 1.29 is 18.3 Å². The molecule has 0 heterocycles. The summed E-state index contributed by atoms with van der Waals surface area (Å²) in [4.78, 5) is 0. The first-order valence-electron chi connectivity index (χ1n) is 16.7. The number of ether oxygens (including phenoxy) is 2. The Kier molecular flexibility index (Phi) is 14.1. The first-order chi connectivity index (χ1) is 21.3. The van der Waals surface area contributed by atoms with Crippen LogP contribution in [0.2, 0.25) is 36.3 Å². The van der Waals surface area contributed by atoms with Crippen LogP contribution >= 0.6 is 0 Å². The fraction of sp³-hybridized carbons (Fsp3) is 0.474. The van der Waals surface area contributed by atoms with Crippen molar-refractivity contribution in [2.24, 2.45) is 0 Å². The van der Waals surface area contributed by atoms with Crippen LogP contribution < -0.4 is 0 Å². The molecule has 0 saturated heterocycles. The molecule has 2 atom stereocenters. The quantitative estimate of drug-likeness (QED) is 0.0749. The molecule has 0 aliphatic heterocycles. The van der Waals surface area contributed by atoms with E-state index in [2.05, 4.69) is 146 Å². The van der Waals surface area contributed by atoms with Gasteiger partial charge in [-0.1, -0.05) is 133 Å². The number of hydrogen-bond donors (Lipinski definition) is 0. The third-order valence-corrected chi connectivity index (χ3v) is 19.0. The smallest absolute Gasteiger partial charge is 0.193 e. The Morgan fingerprint density at radius 3 is 1.36 bits per heavy atom. The van der Waals surface area contributed by atoms with E-state index in [0.29, 0.717) is 6.61 Å². The summed E-state index contributed by atoms with van der Waals surface area (Å²) in [5.41, 5.74) is 2.36. The van der Waals surface area contributed by atoms with Gasteiger partial charge in [-0.15, -0.1) is 0 Å². The molecule has 0 spiro atoms. The molecule has 0 aliphatic carbocycles. The Morgan fingerprint density at radius 2 is 1.02 bits per heavy atom. The normalized spacial score (nSPS) is 14.3. The van der Waals surface area contributed by atoms with Crippen LogP contribution in [0, 0.1) is 0 Å². The maximum absolute atomic E-state index is 7.48. The van der Waals surface area contributed by atoms with Crippen LogP contribution in [0.3, 0.4) is 0 Å². The van der Waals surface area contributed by atoms with Crippen LogP contribution in [-0.4, -0.2) is 42.6 Å². The van der Waals surface area contributed by atoms with Crippen molar-refractivity contribution in [3.05, 3.63) is 120 Å². The highest BCUT2D eigenvalue weighted by Crippen LogP contribution is 2.43. The highest BCUT2D eigenvalue weighted by molar-refractivity contribution is 6.74. The van der Waals surface area contributed by atoms with Crippen molar-refractivity contribution in [3.8, 4) is 0 Å². The van der Waals surface area contributed by atoms with Gasteiger partial charge in [0.05, 0.1) is 19.8 Å². The van der Waals surface area contributed by atoms with Gasteiger partial charge in [0.25, 0.3) is 0 Å². The molecular weight excluding hydrogens is 577 g/mol. The largest absolute Gasteiger partial charge is 0.499 e. The molecule has 0 radical (unpaired) electrons. The van der Waals surface area contributed by atoms with Crippen LogP contribution in [0.25, 0.3) is 0 Å². The zero-order valence-electron chi connectivity index (χ0n) is 28.5. The summed E-state index contributed by atoms with van der Waals surface area (Å²) < 4.78 is 27.6. The van der Waals surface area contributed by atoms with E-state index in [1.165, 1.54) is 0 Å². The third-order valence-electron chi connectivity index (χ3n) is 9.76. The lowest BCUT2D eigenvalue weighted by atomic mass is 9.79. The van der Waals surface area contributed by atoms with Gasteiger partial charge in [-0.25, -0.2) is 0 Å². The summed E-state index contributed by atoms with van der Waals surface area (Å²) in [5, 5.41) is 0. The molecule has 3 aromatic rings. The minimum atomic E-state index is -2.06.